The van der Waals surface area contributed by atoms with E-state index in [4.69, 9.17) is 4.74 Å². The third-order valence-corrected chi connectivity index (χ3v) is 3.15. The van der Waals surface area contributed by atoms with Gasteiger partial charge in [0.05, 0.1) is 19.3 Å². The van der Waals surface area contributed by atoms with Gasteiger partial charge in [-0.3, -0.25) is 4.90 Å². The van der Waals surface area contributed by atoms with Crippen LogP contribution in [0.4, 0.5) is 4.39 Å². The topological polar surface area (TPSA) is 32.7 Å². The first-order valence-electron chi connectivity index (χ1n) is 6.40. The van der Waals surface area contributed by atoms with Crippen LogP contribution in [0.25, 0.3) is 0 Å². The number of rotatable bonds is 4. The minimum Gasteiger partial charge on any atom is -0.393 e. The number of aliphatic hydroxyl groups excluding tert-OH is 1. The molecule has 1 aliphatic heterocycles. The van der Waals surface area contributed by atoms with Crippen molar-refractivity contribution in [2.45, 2.75) is 26.0 Å². The maximum atomic E-state index is 13.9. The summed E-state index contributed by atoms with van der Waals surface area (Å²) < 4.78 is 19.2. The molecule has 4 heteroatoms. The molecule has 1 saturated heterocycles. The molecule has 1 aromatic carbocycles. The van der Waals surface area contributed by atoms with Crippen LogP contribution in [0.2, 0.25) is 0 Å². The number of morpholine rings is 1. The number of hydrogen-bond acceptors (Lipinski definition) is 3. The number of aliphatic hydroxyl groups is 1. The lowest BCUT2D eigenvalue weighted by Crippen LogP contribution is -2.35. The lowest BCUT2D eigenvalue weighted by Gasteiger charge is -2.26. The second-order valence-electron chi connectivity index (χ2n) is 4.87. The largest absolute Gasteiger partial charge is 0.393 e. The van der Waals surface area contributed by atoms with E-state index < -0.39 is 6.10 Å². The fourth-order valence-electron chi connectivity index (χ4n) is 2.19. The number of hydrogen-bond donors (Lipinski definition) is 1. The molecule has 1 fully saturated rings. The van der Waals surface area contributed by atoms with Crippen molar-refractivity contribution in [2.75, 3.05) is 26.3 Å². The molecule has 1 aromatic rings. The van der Waals surface area contributed by atoms with Gasteiger partial charge in [-0.25, -0.2) is 4.39 Å². The van der Waals surface area contributed by atoms with Crippen LogP contribution in [0.1, 0.15) is 18.1 Å². The van der Waals surface area contributed by atoms with Gasteiger partial charge in [0.1, 0.15) is 5.82 Å². The molecule has 1 aliphatic rings. The smallest absolute Gasteiger partial charge is 0.127 e. The molecule has 1 heterocycles. The van der Waals surface area contributed by atoms with Crippen molar-refractivity contribution in [3.63, 3.8) is 0 Å². The van der Waals surface area contributed by atoms with Crippen LogP contribution in [0.5, 0.6) is 0 Å². The molecule has 3 nitrogen and oxygen atoms in total. The van der Waals surface area contributed by atoms with Gasteiger partial charge in [0, 0.05) is 25.2 Å². The fraction of sp³-hybridized carbons (Fsp3) is 0.571. The van der Waals surface area contributed by atoms with Gasteiger partial charge in [0.25, 0.3) is 0 Å². The quantitative estimate of drug-likeness (QED) is 0.884. The summed E-state index contributed by atoms with van der Waals surface area (Å²) in [6.45, 7) is 5.50. The van der Waals surface area contributed by atoms with Gasteiger partial charge < -0.3 is 9.84 Å². The molecule has 0 saturated carbocycles. The molecule has 0 bridgehead atoms. The Morgan fingerprint density at radius 1 is 1.39 bits per heavy atom. The first-order valence-corrected chi connectivity index (χ1v) is 6.40. The third-order valence-electron chi connectivity index (χ3n) is 3.15. The van der Waals surface area contributed by atoms with E-state index in [1.807, 2.05) is 12.1 Å². The summed E-state index contributed by atoms with van der Waals surface area (Å²) in [7, 11) is 0. The van der Waals surface area contributed by atoms with Gasteiger partial charge in [-0.15, -0.1) is 0 Å². The summed E-state index contributed by atoms with van der Waals surface area (Å²) in [6.07, 6.45) is 0.0591. The van der Waals surface area contributed by atoms with Crippen LogP contribution < -0.4 is 0 Å². The maximum Gasteiger partial charge on any atom is 0.127 e. The highest BCUT2D eigenvalue weighted by Gasteiger charge is 2.13. The Morgan fingerprint density at radius 3 is 2.72 bits per heavy atom. The molecule has 1 N–H and O–H groups in total. The molecule has 1 atom stereocenters. The van der Waals surface area contributed by atoms with Crippen LogP contribution in [0.15, 0.2) is 18.2 Å². The predicted octanol–water partition coefficient (Wildman–Crippen LogP) is 1.58. The molecule has 0 aromatic heterocycles. The number of ether oxygens (including phenoxy) is 1. The summed E-state index contributed by atoms with van der Waals surface area (Å²) in [5.41, 5.74) is 1.56. The number of nitrogens with zero attached hydrogens (tertiary/aromatic N) is 1. The Bertz CT molecular complexity index is 389. The predicted molar refractivity (Wildman–Crippen MR) is 67.9 cm³/mol. The van der Waals surface area contributed by atoms with Gasteiger partial charge in [-0.05, 0) is 25.0 Å². The average molecular weight is 253 g/mol. The Kier molecular flexibility index (Phi) is 4.69. The van der Waals surface area contributed by atoms with Gasteiger partial charge in [0.2, 0.25) is 0 Å². The van der Waals surface area contributed by atoms with Gasteiger partial charge in [-0.1, -0.05) is 12.1 Å². The van der Waals surface area contributed by atoms with Crippen molar-refractivity contribution in [1.29, 1.82) is 0 Å². The lowest BCUT2D eigenvalue weighted by atomic mass is 10.1. The first-order chi connectivity index (χ1) is 8.65. The Hall–Kier alpha value is -0.970. The zero-order valence-electron chi connectivity index (χ0n) is 10.7. The number of halogens is 1. The van der Waals surface area contributed by atoms with E-state index in [0.29, 0.717) is 18.5 Å². The van der Waals surface area contributed by atoms with Crippen molar-refractivity contribution < 1.29 is 14.2 Å². The van der Waals surface area contributed by atoms with Crippen molar-refractivity contribution >= 4 is 0 Å². The molecular formula is C14H20FNO2. The third kappa shape index (κ3) is 3.77. The average Bonchev–Trinajstić information content (AvgIpc) is 2.33. The Labute approximate surface area is 107 Å². The second-order valence-corrected chi connectivity index (χ2v) is 4.87. The summed E-state index contributed by atoms with van der Waals surface area (Å²) >= 11 is 0. The second kappa shape index (κ2) is 6.27. The van der Waals surface area contributed by atoms with E-state index in [1.165, 1.54) is 6.07 Å². The van der Waals surface area contributed by atoms with Gasteiger partial charge in [0.15, 0.2) is 0 Å². The van der Waals surface area contributed by atoms with Crippen LogP contribution in [0, 0.1) is 5.82 Å². The molecule has 18 heavy (non-hydrogen) atoms. The molecule has 0 radical (unpaired) electrons. The van der Waals surface area contributed by atoms with E-state index >= 15 is 0 Å². The first kappa shape index (κ1) is 13.5. The van der Waals surface area contributed by atoms with Crippen molar-refractivity contribution in [2.24, 2.45) is 0 Å². The van der Waals surface area contributed by atoms with Crippen molar-refractivity contribution in [1.82, 2.24) is 4.90 Å². The molecule has 2 rings (SSSR count). The highest BCUT2D eigenvalue weighted by Crippen LogP contribution is 2.15. The Morgan fingerprint density at radius 2 is 2.11 bits per heavy atom. The van der Waals surface area contributed by atoms with E-state index in [9.17, 15) is 9.50 Å². The van der Waals surface area contributed by atoms with Crippen LogP contribution in [-0.4, -0.2) is 42.4 Å². The zero-order chi connectivity index (χ0) is 13.0. The fourth-order valence-corrected chi connectivity index (χ4v) is 2.19. The van der Waals surface area contributed by atoms with E-state index in [2.05, 4.69) is 4.90 Å². The number of benzene rings is 1. The summed E-state index contributed by atoms with van der Waals surface area (Å²) in [5, 5.41) is 9.28. The van der Waals surface area contributed by atoms with Crippen LogP contribution in [0.3, 0.4) is 0 Å². The SMILES string of the molecule is CC(O)Cc1ccc(CN2CCOCC2)c(F)c1. The van der Waals surface area contributed by atoms with Crippen LogP contribution >= 0.6 is 0 Å². The highest BCUT2D eigenvalue weighted by molar-refractivity contribution is 5.25. The van der Waals surface area contributed by atoms with Crippen molar-refractivity contribution in [3.05, 3.63) is 35.1 Å². The summed E-state index contributed by atoms with van der Waals surface area (Å²) in [6, 6.07) is 5.25. The van der Waals surface area contributed by atoms with Crippen molar-refractivity contribution in [3.8, 4) is 0 Å². The molecule has 100 valence electrons. The lowest BCUT2D eigenvalue weighted by molar-refractivity contribution is 0.0337. The Balaban J connectivity index is 2.00. The normalized spacial score (nSPS) is 18.8. The molecule has 0 spiro atoms. The molecule has 1 unspecified atom stereocenters. The molecule has 0 aliphatic carbocycles. The highest BCUT2D eigenvalue weighted by atomic mass is 19.1. The van der Waals surface area contributed by atoms with Gasteiger partial charge in [-0.2, -0.15) is 0 Å². The minimum absolute atomic E-state index is 0.181. The molecular weight excluding hydrogens is 233 g/mol. The van der Waals surface area contributed by atoms with E-state index in [1.54, 1.807) is 6.92 Å². The van der Waals surface area contributed by atoms with Gasteiger partial charge >= 0.3 is 0 Å². The summed E-state index contributed by atoms with van der Waals surface area (Å²) in [5.74, 6) is -0.181. The van der Waals surface area contributed by atoms with E-state index in [0.717, 1.165) is 31.9 Å². The monoisotopic (exact) mass is 253 g/mol. The van der Waals surface area contributed by atoms with E-state index in [-0.39, 0.29) is 5.82 Å². The zero-order valence-corrected chi connectivity index (χ0v) is 10.7. The maximum absolute atomic E-state index is 13.9. The standard InChI is InChI=1S/C14H20FNO2/c1-11(17)8-12-2-3-13(14(15)9-12)10-16-4-6-18-7-5-16/h2-3,9,11,17H,4-8,10H2,1H3. The van der Waals surface area contributed by atoms with Crippen LogP contribution in [-0.2, 0) is 17.7 Å². The summed E-state index contributed by atoms with van der Waals surface area (Å²) in [4.78, 5) is 2.19. The minimum atomic E-state index is -0.436. The molecule has 0 amide bonds.